The Morgan fingerprint density at radius 3 is 2.76 bits per heavy atom. The first-order chi connectivity index (χ1) is 10.2. The molecule has 0 heterocycles. The van der Waals surface area contributed by atoms with Crippen LogP contribution in [0.1, 0.15) is 18.0 Å². The molecule has 0 aliphatic heterocycles. The van der Waals surface area contributed by atoms with E-state index in [2.05, 4.69) is 15.3 Å². The number of primary amides is 1. The van der Waals surface area contributed by atoms with Crippen LogP contribution in [0.5, 0.6) is 0 Å². The van der Waals surface area contributed by atoms with Gasteiger partial charge in [-0.2, -0.15) is 0 Å². The van der Waals surface area contributed by atoms with Crippen LogP contribution in [0.25, 0.3) is 21.2 Å². The SMILES string of the molecule is [N-]=[N+]=NCCCNC(C(N)=O)c1ccc2ccccc2c1. The third-order valence-corrected chi connectivity index (χ3v) is 3.24. The van der Waals surface area contributed by atoms with Gasteiger partial charge in [-0.1, -0.05) is 41.5 Å². The second-order valence-corrected chi connectivity index (χ2v) is 4.70. The average molecular weight is 283 g/mol. The summed E-state index contributed by atoms with van der Waals surface area (Å²) in [5, 5.41) is 8.74. The molecule has 2 rings (SSSR count). The topological polar surface area (TPSA) is 104 Å². The number of carbonyl (C=O) groups is 1. The molecule has 108 valence electrons. The number of hydrogen-bond donors (Lipinski definition) is 2. The summed E-state index contributed by atoms with van der Waals surface area (Å²) >= 11 is 0. The van der Waals surface area contributed by atoms with Crippen LogP contribution in [-0.4, -0.2) is 19.0 Å². The number of carbonyl (C=O) groups excluding carboxylic acids is 1. The molecule has 2 aromatic rings. The maximum atomic E-state index is 11.6. The highest BCUT2D eigenvalue weighted by Gasteiger charge is 2.16. The summed E-state index contributed by atoms with van der Waals surface area (Å²) in [5.41, 5.74) is 14.5. The predicted molar refractivity (Wildman–Crippen MR) is 82.5 cm³/mol. The summed E-state index contributed by atoms with van der Waals surface area (Å²) in [4.78, 5) is 14.3. The molecule has 0 saturated heterocycles. The average Bonchev–Trinajstić information content (AvgIpc) is 2.50. The number of amides is 1. The van der Waals surface area contributed by atoms with Gasteiger partial charge in [0.15, 0.2) is 0 Å². The van der Waals surface area contributed by atoms with Gasteiger partial charge in [-0.3, -0.25) is 4.79 Å². The summed E-state index contributed by atoms with van der Waals surface area (Å²) in [6.07, 6.45) is 0.654. The number of nitrogens with zero attached hydrogens (tertiary/aromatic N) is 3. The second-order valence-electron chi connectivity index (χ2n) is 4.70. The lowest BCUT2D eigenvalue weighted by atomic mass is 10.0. The first kappa shape index (κ1) is 14.8. The number of rotatable bonds is 7. The molecule has 21 heavy (non-hydrogen) atoms. The normalized spacial score (nSPS) is 11.8. The fourth-order valence-corrected chi connectivity index (χ4v) is 2.21. The van der Waals surface area contributed by atoms with Crippen LogP contribution in [0.15, 0.2) is 47.6 Å². The van der Waals surface area contributed by atoms with Gasteiger partial charge in [0.25, 0.3) is 0 Å². The Balaban J connectivity index is 2.12. The van der Waals surface area contributed by atoms with E-state index in [1.54, 1.807) is 0 Å². The van der Waals surface area contributed by atoms with Gasteiger partial charge in [0, 0.05) is 11.5 Å². The highest BCUT2D eigenvalue weighted by molar-refractivity contribution is 5.86. The fourth-order valence-electron chi connectivity index (χ4n) is 2.21. The van der Waals surface area contributed by atoms with Crippen molar-refractivity contribution in [3.63, 3.8) is 0 Å². The molecule has 0 bridgehead atoms. The molecule has 0 radical (unpaired) electrons. The highest BCUT2D eigenvalue weighted by Crippen LogP contribution is 2.20. The molecular weight excluding hydrogens is 266 g/mol. The van der Waals surface area contributed by atoms with Gasteiger partial charge >= 0.3 is 0 Å². The number of hydrogen-bond acceptors (Lipinski definition) is 3. The van der Waals surface area contributed by atoms with Crippen LogP contribution < -0.4 is 11.1 Å². The number of azide groups is 1. The summed E-state index contributed by atoms with van der Waals surface area (Å²) in [5.74, 6) is -0.422. The van der Waals surface area contributed by atoms with E-state index < -0.39 is 11.9 Å². The van der Waals surface area contributed by atoms with E-state index in [-0.39, 0.29) is 0 Å². The zero-order valence-corrected chi connectivity index (χ0v) is 11.6. The van der Waals surface area contributed by atoms with E-state index >= 15 is 0 Å². The van der Waals surface area contributed by atoms with Crippen LogP contribution in [0.3, 0.4) is 0 Å². The van der Waals surface area contributed by atoms with Crippen molar-refractivity contribution in [1.82, 2.24) is 5.32 Å². The third-order valence-electron chi connectivity index (χ3n) is 3.24. The Kier molecular flexibility index (Phi) is 5.15. The molecule has 0 aromatic heterocycles. The molecule has 6 heteroatoms. The lowest BCUT2D eigenvalue weighted by Gasteiger charge is -2.16. The monoisotopic (exact) mass is 283 g/mol. The molecule has 0 aliphatic rings. The highest BCUT2D eigenvalue weighted by atomic mass is 16.1. The van der Waals surface area contributed by atoms with Crippen molar-refractivity contribution in [2.24, 2.45) is 10.8 Å². The molecule has 0 spiro atoms. The summed E-state index contributed by atoms with van der Waals surface area (Å²) in [7, 11) is 0. The smallest absolute Gasteiger partial charge is 0.239 e. The van der Waals surface area contributed by atoms with E-state index in [1.807, 2.05) is 42.5 Å². The molecule has 0 aliphatic carbocycles. The van der Waals surface area contributed by atoms with Crippen LogP contribution in [-0.2, 0) is 4.79 Å². The molecule has 6 nitrogen and oxygen atoms in total. The van der Waals surface area contributed by atoms with Gasteiger partial charge in [0.1, 0.15) is 6.04 Å². The van der Waals surface area contributed by atoms with E-state index in [0.717, 1.165) is 16.3 Å². The maximum absolute atomic E-state index is 11.6. The number of fused-ring (bicyclic) bond motifs is 1. The van der Waals surface area contributed by atoms with E-state index in [9.17, 15) is 4.79 Å². The van der Waals surface area contributed by atoms with E-state index in [1.165, 1.54) is 0 Å². The zero-order valence-electron chi connectivity index (χ0n) is 11.6. The summed E-state index contributed by atoms with van der Waals surface area (Å²) < 4.78 is 0. The molecule has 3 N–H and O–H groups in total. The maximum Gasteiger partial charge on any atom is 0.239 e. The first-order valence-electron chi connectivity index (χ1n) is 6.74. The van der Waals surface area contributed by atoms with Crippen molar-refractivity contribution in [3.8, 4) is 0 Å². The van der Waals surface area contributed by atoms with Crippen LogP contribution >= 0.6 is 0 Å². The second kappa shape index (κ2) is 7.28. The molecule has 1 unspecified atom stereocenters. The Labute approximate surface area is 122 Å². The van der Waals surface area contributed by atoms with E-state index in [0.29, 0.717) is 19.5 Å². The lowest BCUT2D eigenvalue weighted by Crippen LogP contribution is -2.34. The zero-order chi connectivity index (χ0) is 15.1. The molecular formula is C15H17N5O. The lowest BCUT2D eigenvalue weighted by molar-refractivity contribution is -0.120. The van der Waals surface area contributed by atoms with Gasteiger partial charge in [0.2, 0.25) is 5.91 Å². The minimum absolute atomic E-state index is 0.396. The Morgan fingerprint density at radius 2 is 2.05 bits per heavy atom. The van der Waals surface area contributed by atoms with Crippen molar-refractivity contribution >= 4 is 16.7 Å². The Bertz CT molecular complexity index is 679. The van der Waals surface area contributed by atoms with Crippen molar-refractivity contribution in [3.05, 3.63) is 58.5 Å². The fraction of sp³-hybridized carbons (Fsp3) is 0.267. The van der Waals surface area contributed by atoms with Crippen molar-refractivity contribution in [1.29, 1.82) is 0 Å². The van der Waals surface area contributed by atoms with Crippen molar-refractivity contribution < 1.29 is 4.79 Å². The largest absolute Gasteiger partial charge is 0.368 e. The summed E-state index contributed by atoms with van der Waals surface area (Å²) in [6.45, 7) is 0.951. The van der Waals surface area contributed by atoms with E-state index in [4.69, 9.17) is 11.3 Å². The number of nitrogens with two attached hydrogens (primary N) is 1. The van der Waals surface area contributed by atoms with Gasteiger partial charge in [0.05, 0.1) is 0 Å². The first-order valence-corrected chi connectivity index (χ1v) is 6.74. The number of nitrogens with one attached hydrogen (secondary N) is 1. The van der Waals surface area contributed by atoms with Crippen molar-refractivity contribution in [2.45, 2.75) is 12.5 Å². The minimum Gasteiger partial charge on any atom is -0.368 e. The molecule has 1 amide bonds. The predicted octanol–water partition coefficient (Wildman–Crippen LogP) is 2.66. The Morgan fingerprint density at radius 1 is 1.29 bits per heavy atom. The third kappa shape index (κ3) is 3.95. The van der Waals surface area contributed by atoms with Gasteiger partial charge in [-0.15, -0.1) is 0 Å². The van der Waals surface area contributed by atoms with Crippen LogP contribution in [0.4, 0.5) is 0 Å². The number of benzene rings is 2. The van der Waals surface area contributed by atoms with Gasteiger partial charge in [-0.05, 0) is 40.9 Å². The molecule has 1 atom stereocenters. The van der Waals surface area contributed by atoms with Crippen LogP contribution in [0, 0.1) is 0 Å². The minimum atomic E-state index is -0.541. The Hall–Kier alpha value is -2.56. The van der Waals surface area contributed by atoms with Gasteiger partial charge in [-0.25, -0.2) is 0 Å². The standard InChI is InChI=1S/C15H17N5O/c16-15(21)14(18-8-3-9-19-20-17)13-7-6-11-4-1-2-5-12(11)10-13/h1-2,4-7,10,14,18H,3,8-9H2,(H2,16,21). The van der Waals surface area contributed by atoms with Gasteiger partial charge < -0.3 is 11.1 Å². The van der Waals surface area contributed by atoms with Crippen LogP contribution in [0.2, 0.25) is 0 Å². The quantitative estimate of drug-likeness (QED) is 0.353. The molecule has 2 aromatic carbocycles. The van der Waals surface area contributed by atoms with Crippen molar-refractivity contribution in [2.75, 3.05) is 13.1 Å². The molecule has 0 fully saturated rings. The molecule has 0 saturated carbocycles. The summed E-state index contributed by atoms with van der Waals surface area (Å²) in [6, 6.07) is 13.2.